The molecule has 8 nitrogen and oxygen atoms in total. The Kier molecular flexibility index (Phi) is 4.57. The second-order valence-electron chi connectivity index (χ2n) is 2.93. The van der Waals surface area contributed by atoms with Gasteiger partial charge >= 0.3 is 13.0 Å². The van der Waals surface area contributed by atoms with Crippen LogP contribution in [0.4, 0.5) is 0 Å². The van der Waals surface area contributed by atoms with Gasteiger partial charge in [-0.3, -0.25) is 10.1 Å². The first-order valence-corrected chi connectivity index (χ1v) is 5.51. The van der Waals surface area contributed by atoms with Crippen LogP contribution in [0.25, 0.3) is 0 Å². The molecule has 0 aliphatic rings. The summed E-state index contributed by atoms with van der Waals surface area (Å²) in [6, 6.07) is 0. The molecule has 15 heavy (non-hydrogen) atoms. The van der Waals surface area contributed by atoms with E-state index in [4.69, 9.17) is 20.0 Å². The highest BCUT2D eigenvalue weighted by Crippen LogP contribution is 2.47. The molecule has 2 atom stereocenters. The molecule has 0 saturated carbocycles. The van der Waals surface area contributed by atoms with Crippen molar-refractivity contribution in [3.63, 3.8) is 0 Å². The maximum atomic E-state index is 10.8. The summed E-state index contributed by atoms with van der Waals surface area (Å²) in [4.78, 5) is 26.5. The molecule has 88 valence electrons. The summed E-state index contributed by atoms with van der Waals surface area (Å²) in [6.45, 7) is 2.14. The highest BCUT2D eigenvalue weighted by molar-refractivity contribution is 7.56. The number of aliphatic hydroxyl groups is 2. The molecule has 0 saturated heterocycles. The van der Waals surface area contributed by atoms with Crippen molar-refractivity contribution in [3.8, 4) is 0 Å². The standard InChI is InChI=1S/C6H12NO7P/c1-3(8)5(4(2)9)6(7(10)11)15(12,13)14/h3-4,8-9H,1-2H3,(H2,12,13,14). The van der Waals surface area contributed by atoms with Crippen molar-refractivity contribution in [2.75, 3.05) is 0 Å². The van der Waals surface area contributed by atoms with Crippen molar-refractivity contribution in [2.24, 2.45) is 0 Å². The first-order chi connectivity index (χ1) is 6.59. The average Bonchev–Trinajstić information content (AvgIpc) is 1.94. The topological polar surface area (TPSA) is 141 Å². The van der Waals surface area contributed by atoms with Crippen LogP contribution in [0.5, 0.6) is 0 Å². The van der Waals surface area contributed by atoms with Crippen LogP contribution in [0.15, 0.2) is 11.0 Å². The highest BCUT2D eigenvalue weighted by atomic mass is 31.2. The van der Waals surface area contributed by atoms with Gasteiger partial charge in [0.25, 0.3) is 0 Å². The summed E-state index contributed by atoms with van der Waals surface area (Å²) < 4.78 is 10.8. The van der Waals surface area contributed by atoms with Crippen LogP contribution >= 0.6 is 7.60 Å². The van der Waals surface area contributed by atoms with Crippen molar-refractivity contribution in [2.45, 2.75) is 26.1 Å². The summed E-state index contributed by atoms with van der Waals surface area (Å²) in [5.74, 6) is 0. The van der Waals surface area contributed by atoms with Crippen molar-refractivity contribution < 1.29 is 29.5 Å². The molecule has 0 aliphatic carbocycles. The van der Waals surface area contributed by atoms with Gasteiger partial charge in [0.05, 0.1) is 22.7 Å². The third-order valence-corrected chi connectivity index (χ3v) is 2.58. The van der Waals surface area contributed by atoms with E-state index in [0.717, 1.165) is 13.8 Å². The lowest BCUT2D eigenvalue weighted by Gasteiger charge is -2.14. The van der Waals surface area contributed by atoms with Gasteiger partial charge in [0.1, 0.15) is 0 Å². The lowest BCUT2D eigenvalue weighted by atomic mass is 10.1. The zero-order valence-corrected chi connectivity index (χ0v) is 8.96. The van der Waals surface area contributed by atoms with Gasteiger partial charge in [-0.2, -0.15) is 0 Å². The van der Waals surface area contributed by atoms with Gasteiger partial charge < -0.3 is 20.0 Å². The molecule has 0 fully saturated rings. The molecule has 0 amide bonds. The quantitative estimate of drug-likeness (QED) is 0.293. The third kappa shape index (κ3) is 3.69. The molecule has 4 N–H and O–H groups in total. The van der Waals surface area contributed by atoms with Crippen LogP contribution in [0.2, 0.25) is 0 Å². The van der Waals surface area contributed by atoms with E-state index in [1.165, 1.54) is 0 Å². The van der Waals surface area contributed by atoms with Gasteiger partial charge in [-0.1, -0.05) is 0 Å². The van der Waals surface area contributed by atoms with Crippen molar-refractivity contribution >= 4 is 7.60 Å². The van der Waals surface area contributed by atoms with Crippen molar-refractivity contribution in [3.05, 3.63) is 21.1 Å². The van der Waals surface area contributed by atoms with Crippen LogP contribution in [-0.4, -0.2) is 37.1 Å². The maximum absolute atomic E-state index is 10.8. The van der Waals surface area contributed by atoms with Gasteiger partial charge in [0.2, 0.25) is 0 Å². The monoisotopic (exact) mass is 241 g/mol. The first-order valence-electron chi connectivity index (χ1n) is 3.89. The number of nitrogens with zero attached hydrogens (tertiary/aromatic N) is 1. The Morgan fingerprint density at radius 1 is 1.27 bits per heavy atom. The van der Waals surface area contributed by atoms with Crippen molar-refractivity contribution in [1.82, 2.24) is 0 Å². The minimum absolute atomic E-state index is 0.687. The largest absolute Gasteiger partial charge is 0.425 e. The molecule has 0 bridgehead atoms. The number of nitro groups is 1. The van der Waals surface area contributed by atoms with Crippen molar-refractivity contribution in [1.29, 1.82) is 0 Å². The smallest absolute Gasteiger partial charge is 0.389 e. The molecule has 0 heterocycles. The number of aliphatic hydroxyl groups excluding tert-OH is 2. The van der Waals surface area contributed by atoms with Crippen LogP contribution in [-0.2, 0) is 4.57 Å². The SMILES string of the molecule is CC(O)C(=C([N+](=O)[O-])P(=O)(O)O)C(C)O. The number of rotatable bonds is 4. The predicted octanol–water partition coefficient (Wildman–Crippen LogP) is -0.586. The Bertz CT molecular complexity index is 318. The summed E-state index contributed by atoms with van der Waals surface area (Å²) in [6.07, 6.45) is -3.03. The molecule has 0 rings (SSSR count). The second-order valence-corrected chi connectivity index (χ2v) is 4.44. The normalized spacial score (nSPS) is 15.6. The van der Waals surface area contributed by atoms with E-state index in [-0.39, 0.29) is 0 Å². The predicted molar refractivity (Wildman–Crippen MR) is 49.4 cm³/mol. The fraction of sp³-hybridized carbons (Fsp3) is 0.667. The summed E-state index contributed by atoms with van der Waals surface area (Å²) in [5.41, 5.74) is -2.14. The lowest BCUT2D eigenvalue weighted by Crippen LogP contribution is -2.22. The lowest BCUT2D eigenvalue weighted by molar-refractivity contribution is -0.416. The molecule has 9 heteroatoms. The molecule has 2 unspecified atom stereocenters. The molecule has 0 aromatic carbocycles. The van der Waals surface area contributed by atoms with Gasteiger partial charge in [-0.05, 0) is 13.8 Å². The van der Waals surface area contributed by atoms with E-state index < -0.39 is 35.7 Å². The highest BCUT2D eigenvalue weighted by Gasteiger charge is 2.40. The van der Waals surface area contributed by atoms with Crippen LogP contribution in [0, 0.1) is 10.1 Å². The molecule has 0 radical (unpaired) electrons. The van der Waals surface area contributed by atoms with Crippen LogP contribution in [0.1, 0.15) is 13.8 Å². The van der Waals surface area contributed by atoms with E-state index in [1.54, 1.807) is 0 Å². The summed E-state index contributed by atoms with van der Waals surface area (Å²) in [7, 11) is -5.14. The Morgan fingerprint density at radius 2 is 1.60 bits per heavy atom. The molecule has 0 spiro atoms. The molecule has 0 aromatic rings. The minimum Gasteiger partial charge on any atom is -0.389 e. The first kappa shape index (κ1) is 14.2. The Balaban J connectivity index is 5.81. The molecule has 0 aliphatic heterocycles. The Morgan fingerprint density at radius 3 is 1.67 bits per heavy atom. The Hall–Kier alpha value is -0.790. The number of hydrogen-bond donors (Lipinski definition) is 4. The average molecular weight is 241 g/mol. The Labute approximate surface area is 85.2 Å². The minimum atomic E-state index is -5.14. The summed E-state index contributed by atoms with van der Waals surface area (Å²) >= 11 is 0. The van der Waals surface area contributed by atoms with Gasteiger partial charge in [-0.15, -0.1) is 0 Å². The van der Waals surface area contributed by atoms with Crippen LogP contribution in [0.3, 0.4) is 0 Å². The maximum Gasteiger partial charge on any atom is 0.425 e. The van der Waals surface area contributed by atoms with Gasteiger partial charge in [-0.25, -0.2) is 4.57 Å². The van der Waals surface area contributed by atoms with Gasteiger partial charge in [0.15, 0.2) is 0 Å². The fourth-order valence-electron chi connectivity index (χ4n) is 1.10. The molecular weight excluding hydrogens is 229 g/mol. The summed E-state index contributed by atoms with van der Waals surface area (Å²) in [5, 5.41) is 28.6. The molecule has 0 aromatic heterocycles. The van der Waals surface area contributed by atoms with E-state index in [0.29, 0.717) is 0 Å². The zero-order chi connectivity index (χ0) is 12.4. The van der Waals surface area contributed by atoms with E-state index >= 15 is 0 Å². The second kappa shape index (κ2) is 4.82. The van der Waals surface area contributed by atoms with E-state index in [9.17, 15) is 14.7 Å². The van der Waals surface area contributed by atoms with Gasteiger partial charge in [0, 0.05) is 0 Å². The third-order valence-electron chi connectivity index (χ3n) is 1.61. The zero-order valence-electron chi connectivity index (χ0n) is 8.06. The fourth-order valence-corrected chi connectivity index (χ4v) is 2.03. The van der Waals surface area contributed by atoms with Crippen LogP contribution < -0.4 is 0 Å². The number of hydrogen-bond acceptors (Lipinski definition) is 5. The van der Waals surface area contributed by atoms with E-state index in [1.807, 2.05) is 0 Å². The molecular formula is C6H12NO7P. The van der Waals surface area contributed by atoms with E-state index in [2.05, 4.69) is 0 Å².